The van der Waals surface area contributed by atoms with Crippen molar-refractivity contribution >= 4 is 5.97 Å². The van der Waals surface area contributed by atoms with E-state index in [1.54, 1.807) is 36.4 Å². The Balaban J connectivity index is 1.24. The summed E-state index contributed by atoms with van der Waals surface area (Å²) in [6.45, 7) is 6.21. The van der Waals surface area contributed by atoms with Crippen molar-refractivity contribution in [1.82, 2.24) is 13.9 Å². The Morgan fingerprint density at radius 1 is 0.767 bits per heavy atom. The quantitative estimate of drug-likeness (QED) is 0.188. The SMILES string of the molecule is C[C@H]1C=C[C@@H](C(=O)O[C@H]2CCCC[C@@H]2C(C)(C)c2ccc(Oc3ccccc3)cc2)n2c(=O)n(-c3ccccc3)c(=O)n21. The van der Waals surface area contributed by atoms with Crippen LogP contribution in [0, 0.1) is 5.92 Å². The highest BCUT2D eigenvalue weighted by atomic mass is 16.5. The first-order chi connectivity index (χ1) is 20.8. The summed E-state index contributed by atoms with van der Waals surface area (Å²) in [5.41, 5.74) is 0.260. The van der Waals surface area contributed by atoms with Gasteiger partial charge in [0.2, 0.25) is 0 Å². The molecule has 2 heterocycles. The molecule has 0 bridgehead atoms. The summed E-state index contributed by atoms with van der Waals surface area (Å²) in [4.78, 5) is 40.8. The zero-order valence-electron chi connectivity index (χ0n) is 24.8. The Morgan fingerprint density at radius 2 is 1.37 bits per heavy atom. The molecule has 1 aromatic heterocycles. The summed E-state index contributed by atoms with van der Waals surface area (Å²) in [5, 5.41) is 0. The molecule has 0 spiro atoms. The fraction of sp³-hybridized carbons (Fsp3) is 0.343. The zero-order valence-corrected chi connectivity index (χ0v) is 24.8. The lowest BCUT2D eigenvalue weighted by Gasteiger charge is -2.42. The summed E-state index contributed by atoms with van der Waals surface area (Å²) in [6, 6.07) is 25.2. The van der Waals surface area contributed by atoms with Crippen molar-refractivity contribution in [2.75, 3.05) is 0 Å². The molecule has 1 aliphatic heterocycles. The number of rotatable bonds is 7. The van der Waals surface area contributed by atoms with Crippen LogP contribution in [0.5, 0.6) is 11.5 Å². The van der Waals surface area contributed by atoms with Gasteiger partial charge >= 0.3 is 17.3 Å². The van der Waals surface area contributed by atoms with E-state index in [9.17, 15) is 14.4 Å². The van der Waals surface area contributed by atoms with Gasteiger partial charge in [0.05, 0.1) is 11.7 Å². The van der Waals surface area contributed by atoms with Crippen molar-refractivity contribution < 1.29 is 14.3 Å². The van der Waals surface area contributed by atoms with Gasteiger partial charge in [-0.1, -0.05) is 81.0 Å². The monoisotopic (exact) mass is 579 g/mol. The predicted octanol–water partition coefficient (Wildman–Crippen LogP) is 6.34. The largest absolute Gasteiger partial charge is 0.460 e. The van der Waals surface area contributed by atoms with Crippen LogP contribution in [0.4, 0.5) is 0 Å². The molecule has 8 nitrogen and oxygen atoms in total. The molecule has 43 heavy (non-hydrogen) atoms. The Morgan fingerprint density at radius 3 is 2.07 bits per heavy atom. The summed E-state index contributed by atoms with van der Waals surface area (Å²) in [7, 11) is 0. The highest BCUT2D eigenvalue weighted by Gasteiger charge is 2.42. The molecule has 1 saturated carbocycles. The minimum Gasteiger partial charge on any atom is -0.460 e. The van der Waals surface area contributed by atoms with Gasteiger partial charge in [0.15, 0.2) is 6.04 Å². The first-order valence-electron chi connectivity index (χ1n) is 15.0. The smallest absolute Gasteiger partial charge is 0.352 e. The number of benzene rings is 3. The maximum Gasteiger partial charge on any atom is 0.352 e. The number of hydrogen-bond acceptors (Lipinski definition) is 5. The highest BCUT2D eigenvalue weighted by molar-refractivity contribution is 5.76. The summed E-state index contributed by atoms with van der Waals surface area (Å²) in [6.07, 6.45) is 6.81. The van der Waals surface area contributed by atoms with Crippen molar-refractivity contribution in [3.05, 3.63) is 124 Å². The van der Waals surface area contributed by atoms with Crippen LogP contribution in [-0.4, -0.2) is 26.0 Å². The van der Waals surface area contributed by atoms with E-state index in [1.807, 2.05) is 55.5 Å². The second-order valence-electron chi connectivity index (χ2n) is 12.0. The molecule has 8 heteroatoms. The third-order valence-corrected chi connectivity index (χ3v) is 8.96. The van der Waals surface area contributed by atoms with E-state index in [0.717, 1.165) is 47.3 Å². The third-order valence-electron chi connectivity index (χ3n) is 8.96. The van der Waals surface area contributed by atoms with Gasteiger partial charge < -0.3 is 9.47 Å². The topological polar surface area (TPSA) is 84.5 Å². The van der Waals surface area contributed by atoms with Crippen LogP contribution in [-0.2, 0) is 14.9 Å². The number of allylic oxidation sites excluding steroid dienone is 1. The number of aromatic nitrogens is 3. The molecule has 0 amide bonds. The Hall–Kier alpha value is -4.59. The van der Waals surface area contributed by atoms with Gasteiger partial charge in [-0.15, -0.1) is 0 Å². The van der Waals surface area contributed by atoms with E-state index >= 15 is 0 Å². The molecule has 3 aromatic carbocycles. The third kappa shape index (κ3) is 5.38. The number of fused-ring (bicyclic) bond motifs is 1. The minimum atomic E-state index is -1.03. The molecule has 1 fully saturated rings. The summed E-state index contributed by atoms with van der Waals surface area (Å²) >= 11 is 0. The molecule has 0 N–H and O–H groups in total. The van der Waals surface area contributed by atoms with Crippen molar-refractivity contribution in [3.8, 4) is 17.2 Å². The molecule has 222 valence electrons. The van der Waals surface area contributed by atoms with Crippen LogP contribution < -0.4 is 16.1 Å². The number of carbonyl (C=O) groups is 1. The fourth-order valence-corrected chi connectivity index (χ4v) is 6.57. The number of hydrogen-bond donors (Lipinski definition) is 0. The van der Waals surface area contributed by atoms with Gasteiger partial charge in [0.25, 0.3) is 0 Å². The van der Waals surface area contributed by atoms with Gasteiger partial charge in [0.1, 0.15) is 17.6 Å². The molecule has 2 aliphatic rings. The average Bonchev–Trinajstić information content (AvgIpc) is 3.29. The number of para-hydroxylation sites is 2. The normalized spacial score (nSPS) is 21.7. The Bertz CT molecular complexity index is 1730. The Kier molecular flexibility index (Phi) is 7.69. The maximum absolute atomic E-state index is 13.8. The van der Waals surface area contributed by atoms with Gasteiger partial charge in [-0.3, -0.25) is 0 Å². The van der Waals surface area contributed by atoms with Crippen LogP contribution in [0.2, 0.25) is 0 Å². The second-order valence-corrected chi connectivity index (χ2v) is 12.0. The summed E-state index contributed by atoms with van der Waals surface area (Å²) < 4.78 is 16.0. The molecular formula is C35H37N3O5. The summed E-state index contributed by atoms with van der Waals surface area (Å²) in [5.74, 6) is 1.09. The van der Waals surface area contributed by atoms with Gasteiger partial charge in [0, 0.05) is 5.92 Å². The van der Waals surface area contributed by atoms with E-state index < -0.39 is 23.4 Å². The molecule has 0 radical (unpaired) electrons. The van der Waals surface area contributed by atoms with Crippen LogP contribution in [0.15, 0.2) is 107 Å². The molecule has 1 aliphatic carbocycles. The van der Waals surface area contributed by atoms with Crippen molar-refractivity contribution in [1.29, 1.82) is 0 Å². The number of nitrogens with zero attached hydrogens (tertiary/aromatic N) is 3. The van der Waals surface area contributed by atoms with Gasteiger partial charge in [-0.05, 0) is 73.6 Å². The van der Waals surface area contributed by atoms with E-state index in [1.165, 1.54) is 9.36 Å². The van der Waals surface area contributed by atoms with Crippen LogP contribution in [0.3, 0.4) is 0 Å². The minimum absolute atomic E-state index is 0.0745. The van der Waals surface area contributed by atoms with E-state index in [2.05, 4.69) is 26.0 Å². The molecule has 4 aromatic rings. The molecular weight excluding hydrogens is 542 g/mol. The van der Waals surface area contributed by atoms with Crippen molar-refractivity contribution in [2.24, 2.45) is 5.92 Å². The fourth-order valence-electron chi connectivity index (χ4n) is 6.57. The van der Waals surface area contributed by atoms with Crippen molar-refractivity contribution in [3.63, 3.8) is 0 Å². The Labute approximate surface area is 250 Å². The van der Waals surface area contributed by atoms with E-state index in [4.69, 9.17) is 9.47 Å². The lowest BCUT2D eigenvalue weighted by molar-refractivity contribution is -0.158. The lowest BCUT2D eigenvalue weighted by Crippen LogP contribution is -2.44. The molecule has 4 atom stereocenters. The van der Waals surface area contributed by atoms with Gasteiger partial charge in [-0.25, -0.2) is 28.3 Å². The maximum atomic E-state index is 13.8. The van der Waals surface area contributed by atoms with Crippen LogP contribution in [0.1, 0.15) is 64.1 Å². The number of ether oxygens (including phenoxy) is 2. The van der Waals surface area contributed by atoms with Crippen LogP contribution >= 0.6 is 0 Å². The van der Waals surface area contributed by atoms with Gasteiger partial charge in [-0.2, -0.15) is 0 Å². The highest BCUT2D eigenvalue weighted by Crippen LogP contribution is 2.43. The van der Waals surface area contributed by atoms with E-state index in [-0.39, 0.29) is 23.5 Å². The second kappa shape index (κ2) is 11.6. The molecule has 6 rings (SSSR count). The lowest BCUT2D eigenvalue weighted by atomic mass is 9.66. The zero-order chi connectivity index (χ0) is 30.1. The molecule has 0 saturated heterocycles. The molecule has 0 unspecified atom stereocenters. The first kappa shape index (κ1) is 28.5. The number of carbonyl (C=O) groups excluding carboxylic acids is 1. The van der Waals surface area contributed by atoms with Crippen LogP contribution in [0.25, 0.3) is 5.69 Å². The van der Waals surface area contributed by atoms with Crippen molar-refractivity contribution in [2.45, 2.75) is 70.1 Å². The first-order valence-corrected chi connectivity index (χ1v) is 15.0. The number of esters is 1. The predicted molar refractivity (Wildman–Crippen MR) is 165 cm³/mol. The standard InChI is InChI=1S/C35H37N3O5/c1-24-18-23-30(38-34(41)36(33(40)37(24)38)26-12-6-4-7-13-26)32(39)43-31-17-11-10-16-29(31)35(2,3)25-19-21-28(22-20-25)42-27-14-8-5-9-15-27/h4-9,12-15,18-24,29-31H,10-11,16-17H2,1-3H3/t24-,29-,30-,31-/m0/s1. The van der Waals surface area contributed by atoms with E-state index in [0.29, 0.717) is 5.69 Å². The average molecular weight is 580 g/mol.